The minimum absolute atomic E-state index is 0.0602. The zero-order valence-corrected chi connectivity index (χ0v) is 19.1. The van der Waals surface area contributed by atoms with Gasteiger partial charge in [-0.05, 0) is 38.5 Å². The Kier molecular flexibility index (Phi) is 8.57. The van der Waals surface area contributed by atoms with Crippen molar-refractivity contribution in [2.75, 3.05) is 6.61 Å². The van der Waals surface area contributed by atoms with Crippen molar-refractivity contribution in [3.05, 3.63) is 47.1 Å². The predicted molar refractivity (Wildman–Crippen MR) is 115 cm³/mol. The van der Waals surface area contributed by atoms with Gasteiger partial charge in [0, 0.05) is 37.8 Å². The number of rotatable bonds is 5. The van der Waals surface area contributed by atoms with Crippen LogP contribution in [0.2, 0.25) is 0 Å². The Labute approximate surface area is 187 Å². The molecule has 1 heterocycles. The number of carbonyl (C=O) groups excluding carboxylic acids is 4. The maximum atomic E-state index is 12.5. The van der Waals surface area contributed by atoms with E-state index in [-0.39, 0.29) is 18.6 Å². The Balaban J connectivity index is 2.51. The average molecular weight is 446 g/mol. The molecule has 0 unspecified atom stereocenters. The maximum Gasteiger partial charge on any atom is 0.334 e. The van der Waals surface area contributed by atoms with Gasteiger partial charge in [0.25, 0.3) is 0 Å². The van der Waals surface area contributed by atoms with Crippen LogP contribution in [0.4, 0.5) is 0 Å². The number of ether oxygens (including phenoxy) is 4. The lowest BCUT2D eigenvalue weighted by atomic mass is 9.85. The molecule has 0 spiro atoms. The third-order valence-electron chi connectivity index (χ3n) is 5.31. The second-order valence-electron chi connectivity index (χ2n) is 8.01. The van der Waals surface area contributed by atoms with Gasteiger partial charge in [-0.2, -0.15) is 0 Å². The fraction of sp³-hybridized carbons (Fsp3) is 0.500. The van der Waals surface area contributed by atoms with Gasteiger partial charge in [0.2, 0.25) is 0 Å². The average Bonchev–Trinajstić information content (AvgIpc) is 2.97. The van der Waals surface area contributed by atoms with Crippen LogP contribution in [0.15, 0.2) is 47.1 Å². The molecular formula is C24H30O8. The quantitative estimate of drug-likeness (QED) is 0.275. The topological polar surface area (TPSA) is 105 Å². The van der Waals surface area contributed by atoms with Crippen LogP contribution in [0.5, 0.6) is 0 Å². The van der Waals surface area contributed by atoms with Crippen molar-refractivity contribution < 1.29 is 38.1 Å². The molecule has 2 rings (SSSR count). The van der Waals surface area contributed by atoms with Crippen LogP contribution in [0.1, 0.15) is 47.5 Å². The molecule has 0 aromatic carbocycles. The van der Waals surface area contributed by atoms with E-state index < -0.39 is 48.1 Å². The van der Waals surface area contributed by atoms with Crippen LogP contribution >= 0.6 is 0 Å². The summed E-state index contributed by atoms with van der Waals surface area (Å²) >= 11 is 0. The first-order valence-corrected chi connectivity index (χ1v) is 10.4. The van der Waals surface area contributed by atoms with Gasteiger partial charge < -0.3 is 18.9 Å². The summed E-state index contributed by atoms with van der Waals surface area (Å²) in [5.41, 5.74) is 2.04. The van der Waals surface area contributed by atoms with E-state index >= 15 is 0 Å². The van der Waals surface area contributed by atoms with Gasteiger partial charge in [-0.1, -0.05) is 18.2 Å². The summed E-state index contributed by atoms with van der Waals surface area (Å²) in [5.74, 6) is -2.64. The largest absolute Gasteiger partial charge is 0.461 e. The Morgan fingerprint density at radius 3 is 2.41 bits per heavy atom. The zero-order valence-electron chi connectivity index (χ0n) is 19.1. The molecule has 174 valence electrons. The lowest BCUT2D eigenvalue weighted by Crippen LogP contribution is -2.34. The Bertz CT molecular complexity index is 892. The highest BCUT2D eigenvalue weighted by Crippen LogP contribution is 2.36. The van der Waals surface area contributed by atoms with Crippen molar-refractivity contribution in [2.24, 2.45) is 5.92 Å². The molecule has 0 bridgehead atoms. The number of hydrogen-bond acceptors (Lipinski definition) is 8. The molecule has 1 aliphatic heterocycles. The van der Waals surface area contributed by atoms with E-state index in [9.17, 15) is 19.2 Å². The van der Waals surface area contributed by atoms with Crippen molar-refractivity contribution in [1.29, 1.82) is 0 Å². The third kappa shape index (κ3) is 6.67. The molecule has 0 saturated carbocycles. The number of carbonyl (C=O) groups is 4. The minimum atomic E-state index is -0.770. The molecule has 0 aromatic heterocycles. The van der Waals surface area contributed by atoms with Gasteiger partial charge in [-0.25, -0.2) is 9.59 Å². The Morgan fingerprint density at radius 1 is 1.12 bits per heavy atom. The van der Waals surface area contributed by atoms with E-state index in [0.29, 0.717) is 17.6 Å². The Morgan fingerprint density at radius 2 is 1.81 bits per heavy atom. The normalized spacial score (nSPS) is 29.5. The first-order chi connectivity index (χ1) is 15.0. The summed E-state index contributed by atoms with van der Waals surface area (Å²) in [5, 5.41) is 0. The highest BCUT2D eigenvalue weighted by molar-refractivity contribution is 5.92. The molecule has 2 aliphatic rings. The van der Waals surface area contributed by atoms with E-state index in [1.165, 1.54) is 13.8 Å². The molecule has 1 aliphatic carbocycles. The lowest BCUT2D eigenvalue weighted by molar-refractivity contribution is -0.147. The molecule has 32 heavy (non-hydrogen) atoms. The molecule has 8 heteroatoms. The highest BCUT2D eigenvalue weighted by Gasteiger charge is 2.44. The fourth-order valence-electron chi connectivity index (χ4n) is 3.68. The lowest BCUT2D eigenvalue weighted by Gasteiger charge is -2.28. The summed E-state index contributed by atoms with van der Waals surface area (Å²) < 4.78 is 21.8. The van der Waals surface area contributed by atoms with E-state index in [0.717, 1.165) is 5.57 Å². The second kappa shape index (κ2) is 10.9. The summed E-state index contributed by atoms with van der Waals surface area (Å²) in [6.45, 7) is 11.6. The molecule has 4 atom stereocenters. The SMILES string of the molecule is C=C1C(=O)O[C@@H]2/C=C(/COC(C)=O)C[C@@H](OC(C)=O)/C=C(\C)C[C@@H](OC(=O)/C(C)=C\C)[C@@H]12. The molecule has 0 amide bonds. The summed E-state index contributed by atoms with van der Waals surface area (Å²) in [6.07, 6.45) is 3.49. The van der Waals surface area contributed by atoms with Crippen molar-refractivity contribution in [3.63, 3.8) is 0 Å². The van der Waals surface area contributed by atoms with Crippen LogP contribution in [0.25, 0.3) is 0 Å². The predicted octanol–water partition coefficient (Wildman–Crippen LogP) is 3.12. The summed E-state index contributed by atoms with van der Waals surface area (Å²) in [7, 11) is 0. The van der Waals surface area contributed by atoms with Crippen LogP contribution in [-0.4, -0.2) is 48.8 Å². The smallest absolute Gasteiger partial charge is 0.334 e. The molecule has 1 fully saturated rings. The van der Waals surface area contributed by atoms with Crippen LogP contribution < -0.4 is 0 Å². The third-order valence-corrected chi connectivity index (χ3v) is 5.31. The summed E-state index contributed by atoms with van der Waals surface area (Å²) in [6, 6.07) is 0. The van der Waals surface area contributed by atoms with Gasteiger partial charge in [-0.15, -0.1) is 0 Å². The van der Waals surface area contributed by atoms with Gasteiger partial charge >= 0.3 is 23.9 Å². The first-order valence-electron chi connectivity index (χ1n) is 10.4. The van der Waals surface area contributed by atoms with Gasteiger partial charge in [-0.3, -0.25) is 9.59 Å². The van der Waals surface area contributed by atoms with Crippen LogP contribution in [0, 0.1) is 5.92 Å². The number of allylic oxidation sites excluding steroid dienone is 1. The molecular weight excluding hydrogens is 416 g/mol. The maximum absolute atomic E-state index is 12.5. The van der Waals surface area contributed by atoms with Crippen molar-refractivity contribution >= 4 is 23.9 Å². The molecule has 0 N–H and O–H groups in total. The van der Waals surface area contributed by atoms with Crippen LogP contribution in [0.3, 0.4) is 0 Å². The fourth-order valence-corrected chi connectivity index (χ4v) is 3.68. The van der Waals surface area contributed by atoms with E-state index in [4.69, 9.17) is 18.9 Å². The number of esters is 4. The molecule has 0 aromatic rings. The Hall–Kier alpha value is -3.16. The second-order valence-corrected chi connectivity index (χ2v) is 8.01. The standard InChI is InChI=1S/C24H30O8/c1-7-14(3)23(27)31-20-9-13(2)8-19(30-17(6)26)10-18(12-29-16(5)25)11-21-22(20)15(4)24(28)32-21/h7-8,11,19-22H,4,9-10,12H2,1-3,5-6H3/b13-8+,14-7-,18-11+/t19-,20+,21+,22+/m0/s1. The van der Waals surface area contributed by atoms with Crippen molar-refractivity contribution in [1.82, 2.24) is 0 Å². The molecule has 0 radical (unpaired) electrons. The van der Waals surface area contributed by atoms with Crippen molar-refractivity contribution in [2.45, 2.75) is 65.8 Å². The van der Waals surface area contributed by atoms with E-state index in [1.54, 1.807) is 32.1 Å². The number of hydrogen-bond donors (Lipinski definition) is 0. The molecule has 8 nitrogen and oxygen atoms in total. The molecule has 1 saturated heterocycles. The van der Waals surface area contributed by atoms with E-state index in [1.807, 2.05) is 6.92 Å². The van der Waals surface area contributed by atoms with Crippen LogP contribution in [-0.2, 0) is 38.1 Å². The zero-order chi connectivity index (χ0) is 24.0. The van der Waals surface area contributed by atoms with Crippen molar-refractivity contribution in [3.8, 4) is 0 Å². The first kappa shape index (κ1) is 25.1. The minimum Gasteiger partial charge on any atom is -0.461 e. The van der Waals surface area contributed by atoms with Gasteiger partial charge in [0.05, 0.1) is 5.92 Å². The highest BCUT2D eigenvalue weighted by atomic mass is 16.6. The summed E-state index contributed by atoms with van der Waals surface area (Å²) in [4.78, 5) is 47.9. The van der Waals surface area contributed by atoms with E-state index in [2.05, 4.69) is 6.58 Å². The monoisotopic (exact) mass is 446 g/mol. The number of fused-ring (bicyclic) bond motifs is 1. The van der Waals surface area contributed by atoms with Gasteiger partial charge in [0.1, 0.15) is 24.9 Å². The van der Waals surface area contributed by atoms with Gasteiger partial charge in [0.15, 0.2) is 0 Å².